The van der Waals surface area contributed by atoms with Crippen LogP contribution in [0.1, 0.15) is 13.3 Å². The molecule has 0 atom stereocenters. The highest BCUT2D eigenvalue weighted by Crippen LogP contribution is 2.10. The summed E-state index contributed by atoms with van der Waals surface area (Å²) in [6.45, 7) is 7.26. The number of anilines is 2. The molecule has 0 radical (unpaired) electrons. The van der Waals surface area contributed by atoms with Gasteiger partial charge in [-0.1, -0.05) is 6.92 Å². The molecule has 1 aliphatic heterocycles. The summed E-state index contributed by atoms with van der Waals surface area (Å²) in [4.78, 5) is 10.8. The van der Waals surface area contributed by atoms with Crippen molar-refractivity contribution in [2.24, 2.45) is 0 Å². The van der Waals surface area contributed by atoms with Crippen molar-refractivity contribution in [3.05, 3.63) is 12.4 Å². The molecule has 100 valence electrons. The summed E-state index contributed by atoms with van der Waals surface area (Å²) in [6.07, 6.45) is 2.68. The minimum absolute atomic E-state index is 0.855. The molecule has 6 heteroatoms. The van der Waals surface area contributed by atoms with Gasteiger partial charge in [0.15, 0.2) is 0 Å². The van der Waals surface area contributed by atoms with Gasteiger partial charge in [-0.3, -0.25) is 0 Å². The van der Waals surface area contributed by atoms with E-state index in [0.29, 0.717) is 0 Å². The lowest BCUT2D eigenvalue weighted by Crippen LogP contribution is -2.47. The average molecular weight is 250 g/mol. The zero-order chi connectivity index (χ0) is 12.8. The van der Waals surface area contributed by atoms with Gasteiger partial charge in [-0.05, 0) is 13.5 Å². The average Bonchev–Trinajstić information content (AvgIpc) is 2.40. The molecule has 0 amide bonds. The van der Waals surface area contributed by atoms with Crippen LogP contribution in [0.3, 0.4) is 0 Å². The summed E-state index contributed by atoms with van der Waals surface area (Å²) in [5, 5.41) is 5.46. The number of hydrogen-bond acceptors (Lipinski definition) is 6. The molecule has 0 aromatic carbocycles. The SMILES string of the molecule is CCCNc1cc(NN2CCN(C)CC2)ncn1. The molecule has 1 aliphatic rings. The van der Waals surface area contributed by atoms with Gasteiger partial charge in [0.25, 0.3) is 0 Å². The van der Waals surface area contributed by atoms with E-state index in [9.17, 15) is 0 Å². The third kappa shape index (κ3) is 3.82. The molecular formula is C12H22N6. The van der Waals surface area contributed by atoms with Crippen molar-refractivity contribution in [1.82, 2.24) is 19.9 Å². The first kappa shape index (κ1) is 13.0. The molecule has 1 aromatic rings. The molecule has 2 rings (SSSR count). The normalized spacial score (nSPS) is 17.7. The highest BCUT2D eigenvalue weighted by molar-refractivity contribution is 5.45. The molecule has 1 saturated heterocycles. The number of nitrogens with zero attached hydrogens (tertiary/aromatic N) is 4. The minimum Gasteiger partial charge on any atom is -0.370 e. The Morgan fingerprint density at radius 2 is 1.89 bits per heavy atom. The van der Waals surface area contributed by atoms with E-state index in [-0.39, 0.29) is 0 Å². The summed E-state index contributed by atoms with van der Waals surface area (Å²) in [5.41, 5.74) is 3.33. The summed E-state index contributed by atoms with van der Waals surface area (Å²) in [5.74, 6) is 1.73. The van der Waals surface area contributed by atoms with E-state index >= 15 is 0 Å². The van der Waals surface area contributed by atoms with E-state index in [0.717, 1.165) is 50.8 Å². The lowest BCUT2D eigenvalue weighted by atomic mass is 10.4. The van der Waals surface area contributed by atoms with Gasteiger partial charge in [-0.2, -0.15) is 0 Å². The first-order valence-corrected chi connectivity index (χ1v) is 6.54. The van der Waals surface area contributed by atoms with Crippen molar-refractivity contribution in [2.45, 2.75) is 13.3 Å². The number of rotatable bonds is 5. The quantitative estimate of drug-likeness (QED) is 0.809. The fraction of sp³-hybridized carbons (Fsp3) is 0.667. The third-order valence-corrected chi connectivity index (χ3v) is 3.00. The van der Waals surface area contributed by atoms with Crippen molar-refractivity contribution in [1.29, 1.82) is 0 Å². The van der Waals surface area contributed by atoms with Gasteiger partial charge in [0, 0.05) is 38.8 Å². The number of hydrogen-bond donors (Lipinski definition) is 2. The summed E-state index contributed by atoms with van der Waals surface area (Å²) in [7, 11) is 2.15. The molecule has 0 saturated carbocycles. The molecule has 18 heavy (non-hydrogen) atoms. The maximum Gasteiger partial charge on any atom is 0.145 e. The standard InChI is InChI=1S/C12H22N6/c1-3-4-13-11-9-12(15-10-14-11)16-18-7-5-17(2)6-8-18/h9-10H,3-8H2,1-2H3,(H2,13,14,15,16). The lowest BCUT2D eigenvalue weighted by molar-refractivity contribution is 0.178. The maximum atomic E-state index is 4.24. The van der Waals surface area contributed by atoms with Crippen LogP contribution in [0.4, 0.5) is 11.6 Å². The Labute approximate surface area is 108 Å². The molecule has 1 fully saturated rings. The van der Waals surface area contributed by atoms with Crippen molar-refractivity contribution in [2.75, 3.05) is 50.5 Å². The van der Waals surface area contributed by atoms with Crippen molar-refractivity contribution < 1.29 is 0 Å². The first-order chi connectivity index (χ1) is 8.78. The van der Waals surface area contributed by atoms with E-state index in [2.05, 4.69) is 44.6 Å². The highest BCUT2D eigenvalue weighted by Gasteiger charge is 2.13. The van der Waals surface area contributed by atoms with E-state index in [1.165, 1.54) is 0 Å². The Bertz CT molecular complexity index is 361. The summed E-state index contributed by atoms with van der Waals surface area (Å²) in [6, 6.07) is 1.95. The van der Waals surface area contributed by atoms with Crippen LogP contribution in [0.15, 0.2) is 12.4 Å². The number of piperazine rings is 1. The number of likely N-dealkylation sites (N-methyl/N-ethyl adjacent to an activating group) is 1. The first-order valence-electron chi connectivity index (χ1n) is 6.54. The van der Waals surface area contributed by atoms with Gasteiger partial charge in [-0.15, -0.1) is 0 Å². The molecule has 0 spiro atoms. The van der Waals surface area contributed by atoms with E-state index in [4.69, 9.17) is 0 Å². The predicted molar refractivity (Wildman–Crippen MR) is 73.5 cm³/mol. The number of aromatic nitrogens is 2. The van der Waals surface area contributed by atoms with Gasteiger partial charge in [0.1, 0.15) is 18.0 Å². The number of hydrazine groups is 1. The molecule has 2 heterocycles. The second-order valence-electron chi connectivity index (χ2n) is 4.62. The van der Waals surface area contributed by atoms with Crippen LogP contribution in [-0.2, 0) is 0 Å². The largest absolute Gasteiger partial charge is 0.370 e. The Kier molecular flexibility index (Phi) is 4.72. The van der Waals surface area contributed by atoms with Crippen molar-refractivity contribution in [3.63, 3.8) is 0 Å². The van der Waals surface area contributed by atoms with Gasteiger partial charge < -0.3 is 15.6 Å². The number of nitrogens with one attached hydrogen (secondary N) is 2. The topological polar surface area (TPSA) is 56.3 Å². The zero-order valence-electron chi connectivity index (χ0n) is 11.2. The molecule has 1 aromatic heterocycles. The molecule has 0 bridgehead atoms. The van der Waals surface area contributed by atoms with Gasteiger partial charge in [0.2, 0.25) is 0 Å². The van der Waals surface area contributed by atoms with Crippen LogP contribution >= 0.6 is 0 Å². The molecular weight excluding hydrogens is 228 g/mol. The minimum atomic E-state index is 0.855. The van der Waals surface area contributed by atoms with E-state index in [1.54, 1.807) is 6.33 Å². The third-order valence-electron chi connectivity index (χ3n) is 3.00. The molecule has 0 aliphatic carbocycles. The van der Waals surface area contributed by atoms with Crippen LogP contribution in [0.2, 0.25) is 0 Å². The van der Waals surface area contributed by atoms with Crippen molar-refractivity contribution >= 4 is 11.6 Å². The molecule has 6 nitrogen and oxygen atoms in total. The van der Waals surface area contributed by atoms with E-state index < -0.39 is 0 Å². The fourth-order valence-electron chi connectivity index (χ4n) is 1.85. The van der Waals surface area contributed by atoms with Crippen LogP contribution in [0, 0.1) is 0 Å². The van der Waals surface area contributed by atoms with Gasteiger partial charge in [-0.25, -0.2) is 15.0 Å². The smallest absolute Gasteiger partial charge is 0.145 e. The van der Waals surface area contributed by atoms with E-state index in [1.807, 2.05) is 6.07 Å². The summed E-state index contributed by atoms with van der Waals surface area (Å²) >= 11 is 0. The van der Waals surface area contributed by atoms with Gasteiger partial charge in [0.05, 0.1) is 0 Å². The Morgan fingerprint density at radius 1 is 1.17 bits per heavy atom. The van der Waals surface area contributed by atoms with Gasteiger partial charge >= 0.3 is 0 Å². The van der Waals surface area contributed by atoms with Crippen LogP contribution in [0.25, 0.3) is 0 Å². The van der Waals surface area contributed by atoms with Crippen LogP contribution < -0.4 is 10.7 Å². The maximum absolute atomic E-state index is 4.24. The fourth-order valence-corrected chi connectivity index (χ4v) is 1.85. The second kappa shape index (κ2) is 6.51. The highest BCUT2D eigenvalue weighted by atomic mass is 15.5. The second-order valence-corrected chi connectivity index (χ2v) is 4.62. The summed E-state index contributed by atoms with van der Waals surface area (Å²) < 4.78 is 0. The van der Waals surface area contributed by atoms with Crippen LogP contribution in [-0.4, -0.2) is 59.6 Å². The lowest BCUT2D eigenvalue weighted by Gasteiger charge is -2.32. The van der Waals surface area contributed by atoms with Crippen LogP contribution in [0.5, 0.6) is 0 Å². The zero-order valence-corrected chi connectivity index (χ0v) is 11.2. The predicted octanol–water partition coefficient (Wildman–Crippen LogP) is 0.873. The Hall–Kier alpha value is -1.40. The monoisotopic (exact) mass is 250 g/mol. The van der Waals surface area contributed by atoms with Crippen molar-refractivity contribution in [3.8, 4) is 0 Å². The molecule has 2 N–H and O–H groups in total. The molecule has 0 unspecified atom stereocenters. The Balaban J connectivity index is 1.88. The Morgan fingerprint density at radius 3 is 2.61 bits per heavy atom.